The Morgan fingerprint density at radius 1 is 1.41 bits per heavy atom. The van der Waals surface area contributed by atoms with Gasteiger partial charge in [-0.1, -0.05) is 13.3 Å². The van der Waals surface area contributed by atoms with Crippen molar-refractivity contribution >= 4 is 10.0 Å². The van der Waals surface area contributed by atoms with Gasteiger partial charge in [0.25, 0.3) is 10.0 Å². The molecule has 1 fully saturated rings. The molecule has 17 heavy (non-hydrogen) atoms. The van der Waals surface area contributed by atoms with E-state index in [1.54, 1.807) is 0 Å². The second-order valence-electron chi connectivity index (χ2n) is 4.74. The van der Waals surface area contributed by atoms with Gasteiger partial charge in [-0.15, -0.1) is 0 Å². The summed E-state index contributed by atoms with van der Waals surface area (Å²) in [7, 11) is -4.56. The molecule has 3 N–H and O–H groups in total. The van der Waals surface area contributed by atoms with Crippen molar-refractivity contribution in [2.24, 2.45) is 11.7 Å². The molecule has 1 aliphatic rings. The van der Waals surface area contributed by atoms with Crippen LogP contribution in [0.25, 0.3) is 0 Å². The summed E-state index contributed by atoms with van der Waals surface area (Å²) in [6, 6.07) is 0. The van der Waals surface area contributed by atoms with Gasteiger partial charge < -0.3 is 5.73 Å². The summed E-state index contributed by atoms with van der Waals surface area (Å²) in [5.41, 5.74) is 4.69. The van der Waals surface area contributed by atoms with Gasteiger partial charge in [0.2, 0.25) is 0 Å². The highest BCUT2D eigenvalue weighted by molar-refractivity contribution is 7.89. The fraction of sp³-hybridized carbons (Fsp3) is 1.00. The minimum atomic E-state index is -4.56. The highest BCUT2D eigenvalue weighted by Crippen LogP contribution is 2.34. The van der Waals surface area contributed by atoms with E-state index in [0.29, 0.717) is 18.8 Å². The van der Waals surface area contributed by atoms with Gasteiger partial charge in [-0.2, -0.15) is 8.78 Å². The normalized spacial score (nSPS) is 30.8. The molecule has 1 rings (SSSR count). The topological polar surface area (TPSA) is 72.2 Å². The molecule has 0 amide bonds. The van der Waals surface area contributed by atoms with Gasteiger partial charge in [-0.25, -0.2) is 13.1 Å². The minimum Gasteiger partial charge on any atom is -0.329 e. The van der Waals surface area contributed by atoms with E-state index < -0.39 is 21.3 Å². The van der Waals surface area contributed by atoms with E-state index in [-0.39, 0.29) is 6.54 Å². The van der Waals surface area contributed by atoms with Crippen LogP contribution in [-0.4, -0.2) is 26.3 Å². The van der Waals surface area contributed by atoms with Crippen LogP contribution < -0.4 is 10.5 Å². The maximum Gasteiger partial charge on any atom is 0.350 e. The Morgan fingerprint density at radius 3 is 2.29 bits per heavy atom. The Bertz CT molecular complexity index is 338. The second-order valence-corrected chi connectivity index (χ2v) is 6.39. The van der Waals surface area contributed by atoms with Gasteiger partial charge in [0, 0.05) is 12.1 Å². The molecule has 0 spiro atoms. The number of alkyl halides is 2. The highest BCUT2D eigenvalue weighted by atomic mass is 32.2. The zero-order valence-electron chi connectivity index (χ0n) is 9.96. The molecule has 7 heteroatoms. The first-order valence-corrected chi connectivity index (χ1v) is 7.41. The predicted molar refractivity (Wildman–Crippen MR) is 62.1 cm³/mol. The van der Waals surface area contributed by atoms with Crippen LogP contribution in [0.2, 0.25) is 0 Å². The summed E-state index contributed by atoms with van der Waals surface area (Å²) in [6.45, 7) is 2.14. The van der Waals surface area contributed by atoms with E-state index in [2.05, 4.69) is 11.6 Å². The van der Waals surface area contributed by atoms with Crippen LogP contribution in [-0.2, 0) is 10.0 Å². The van der Waals surface area contributed by atoms with E-state index in [0.717, 1.165) is 19.3 Å². The van der Waals surface area contributed by atoms with Crippen LogP contribution in [0.5, 0.6) is 0 Å². The maximum absolute atomic E-state index is 12.3. The molecule has 4 nitrogen and oxygen atoms in total. The Morgan fingerprint density at radius 2 is 1.94 bits per heavy atom. The fourth-order valence-corrected chi connectivity index (χ4v) is 3.31. The molecule has 0 radical (unpaired) electrons. The maximum atomic E-state index is 12.3. The fourth-order valence-electron chi connectivity index (χ4n) is 2.33. The van der Waals surface area contributed by atoms with E-state index in [1.165, 1.54) is 0 Å². The number of sulfonamides is 1. The van der Waals surface area contributed by atoms with Crippen LogP contribution in [0.15, 0.2) is 0 Å². The Labute approximate surface area is 101 Å². The standard InChI is InChI=1S/C10H20F2N2O2S/c1-2-8-3-5-10(7-13,6-4-8)14-17(15,16)9(11)12/h8-9,14H,2-7,13H2,1H3. The second kappa shape index (κ2) is 5.58. The van der Waals surface area contributed by atoms with Gasteiger partial charge in [0.15, 0.2) is 0 Å². The summed E-state index contributed by atoms with van der Waals surface area (Å²) >= 11 is 0. The zero-order chi connectivity index (χ0) is 13.1. The largest absolute Gasteiger partial charge is 0.350 e. The molecule has 0 bridgehead atoms. The molecule has 0 aromatic carbocycles. The number of nitrogens with two attached hydrogens (primary N) is 1. The molecule has 0 aromatic heterocycles. The molecule has 0 aromatic rings. The van der Waals surface area contributed by atoms with Gasteiger partial charge in [0.1, 0.15) is 0 Å². The number of hydrogen-bond acceptors (Lipinski definition) is 3. The third-order valence-electron chi connectivity index (χ3n) is 3.62. The Kier molecular flexibility index (Phi) is 4.86. The lowest BCUT2D eigenvalue weighted by Crippen LogP contribution is -2.56. The van der Waals surface area contributed by atoms with Crippen LogP contribution >= 0.6 is 0 Å². The van der Waals surface area contributed by atoms with Crippen molar-refractivity contribution in [2.75, 3.05) is 6.54 Å². The van der Waals surface area contributed by atoms with Crippen molar-refractivity contribution in [3.8, 4) is 0 Å². The van der Waals surface area contributed by atoms with Crippen molar-refractivity contribution < 1.29 is 17.2 Å². The molecule has 0 aliphatic heterocycles. The van der Waals surface area contributed by atoms with Crippen molar-refractivity contribution in [2.45, 2.75) is 50.3 Å². The first-order chi connectivity index (χ1) is 7.85. The van der Waals surface area contributed by atoms with Crippen LogP contribution in [0.1, 0.15) is 39.0 Å². The molecule has 102 valence electrons. The Hall–Kier alpha value is -0.270. The smallest absolute Gasteiger partial charge is 0.329 e. The summed E-state index contributed by atoms with van der Waals surface area (Å²) in [4.78, 5) is 0. The SMILES string of the molecule is CCC1CCC(CN)(NS(=O)(=O)C(F)F)CC1. The van der Waals surface area contributed by atoms with Crippen molar-refractivity contribution in [1.82, 2.24) is 4.72 Å². The van der Waals surface area contributed by atoms with Gasteiger partial charge in [-0.05, 0) is 31.6 Å². The summed E-state index contributed by atoms with van der Waals surface area (Å²) in [5.74, 6) is -2.85. The molecule has 1 saturated carbocycles. The van der Waals surface area contributed by atoms with E-state index in [9.17, 15) is 17.2 Å². The minimum absolute atomic E-state index is 0.0649. The monoisotopic (exact) mass is 270 g/mol. The molecule has 0 atom stereocenters. The molecule has 0 saturated heterocycles. The number of halogens is 2. The summed E-state index contributed by atoms with van der Waals surface area (Å²) in [6.07, 6.45) is 3.77. The lowest BCUT2D eigenvalue weighted by molar-refractivity contribution is 0.200. The Balaban J connectivity index is 2.72. The summed E-state index contributed by atoms with van der Waals surface area (Å²) in [5, 5.41) is 0. The molecule has 0 heterocycles. The van der Waals surface area contributed by atoms with E-state index in [4.69, 9.17) is 5.73 Å². The first kappa shape index (κ1) is 14.8. The molecular weight excluding hydrogens is 250 g/mol. The lowest BCUT2D eigenvalue weighted by Gasteiger charge is -2.39. The summed E-state index contributed by atoms with van der Waals surface area (Å²) < 4.78 is 49.1. The highest BCUT2D eigenvalue weighted by Gasteiger charge is 2.39. The van der Waals surface area contributed by atoms with Crippen LogP contribution in [0.3, 0.4) is 0 Å². The lowest BCUT2D eigenvalue weighted by atomic mass is 9.76. The van der Waals surface area contributed by atoms with Crippen LogP contribution in [0, 0.1) is 5.92 Å². The average molecular weight is 270 g/mol. The third kappa shape index (κ3) is 3.59. The van der Waals surface area contributed by atoms with Gasteiger partial charge in [0.05, 0.1) is 0 Å². The van der Waals surface area contributed by atoms with Gasteiger partial charge in [-0.3, -0.25) is 0 Å². The van der Waals surface area contributed by atoms with Gasteiger partial charge >= 0.3 is 5.76 Å². The van der Waals surface area contributed by atoms with E-state index >= 15 is 0 Å². The first-order valence-electron chi connectivity index (χ1n) is 5.86. The van der Waals surface area contributed by atoms with E-state index in [1.807, 2.05) is 0 Å². The molecular formula is C10H20F2N2O2S. The van der Waals surface area contributed by atoms with Crippen LogP contribution in [0.4, 0.5) is 8.78 Å². The van der Waals surface area contributed by atoms with Crippen molar-refractivity contribution in [3.63, 3.8) is 0 Å². The zero-order valence-corrected chi connectivity index (χ0v) is 10.8. The molecule has 1 aliphatic carbocycles. The third-order valence-corrected chi connectivity index (χ3v) is 4.81. The van der Waals surface area contributed by atoms with Crippen molar-refractivity contribution in [3.05, 3.63) is 0 Å². The number of nitrogens with one attached hydrogen (secondary N) is 1. The predicted octanol–water partition coefficient (Wildman–Crippen LogP) is 1.43. The quantitative estimate of drug-likeness (QED) is 0.793. The van der Waals surface area contributed by atoms with Crippen molar-refractivity contribution in [1.29, 1.82) is 0 Å². The number of hydrogen-bond donors (Lipinski definition) is 2. The molecule has 0 unspecified atom stereocenters. The average Bonchev–Trinajstić information content (AvgIpc) is 2.29. The number of rotatable bonds is 5.